The van der Waals surface area contributed by atoms with Crippen LogP contribution < -0.4 is 5.73 Å². The van der Waals surface area contributed by atoms with Crippen LogP contribution in [-0.4, -0.2) is 50.1 Å². The van der Waals surface area contributed by atoms with E-state index in [2.05, 4.69) is 0 Å². The van der Waals surface area contributed by atoms with Gasteiger partial charge in [0.05, 0.1) is 10.9 Å². The molecule has 234 valence electrons. The predicted molar refractivity (Wildman–Crippen MR) is 139 cm³/mol. The van der Waals surface area contributed by atoms with Crippen molar-refractivity contribution in [1.29, 1.82) is 0 Å². The molecule has 0 bridgehead atoms. The van der Waals surface area contributed by atoms with Gasteiger partial charge in [-0.05, 0) is 78.9 Å². The number of nitrogens with two attached hydrogens (primary N) is 1. The Kier molecular flexibility index (Phi) is 7.34. The SMILES string of the molecule is NC(=O)c1ccc(C(=O)N2CC[C@@]3(S(=O)(=O)c4ccc(F)cc4)c4ccc(C(F)(C(F)(F)F)C(F)(F)F)cc4CC[C@@H]23)cc1. The Morgan fingerprint density at radius 2 is 1.41 bits per heavy atom. The highest BCUT2D eigenvalue weighted by Gasteiger charge is 2.73. The summed E-state index contributed by atoms with van der Waals surface area (Å²) in [6.45, 7) is -0.194. The summed E-state index contributed by atoms with van der Waals surface area (Å²) in [4.78, 5) is 25.9. The number of hydrogen-bond acceptors (Lipinski definition) is 4. The molecule has 1 aliphatic carbocycles. The van der Waals surface area contributed by atoms with Crippen molar-refractivity contribution in [2.24, 2.45) is 5.73 Å². The van der Waals surface area contributed by atoms with Gasteiger partial charge in [-0.2, -0.15) is 26.3 Å². The van der Waals surface area contributed by atoms with Crippen molar-refractivity contribution >= 4 is 21.7 Å². The fourth-order valence-corrected chi connectivity index (χ4v) is 8.61. The number of carbonyl (C=O) groups excluding carboxylic acids is 2. The van der Waals surface area contributed by atoms with E-state index < -0.39 is 66.7 Å². The van der Waals surface area contributed by atoms with Crippen molar-refractivity contribution in [3.8, 4) is 0 Å². The van der Waals surface area contributed by atoms with Crippen LogP contribution in [0.1, 0.15) is 50.2 Å². The van der Waals surface area contributed by atoms with E-state index in [9.17, 15) is 53.1 Å². The largest absolute Gasteiger partial charge is 0.435 e. The van der Waals surface area contributed by atoms with Gasteiger partial charge in [0.25, 0.3) is 5.91 Å². The molecule has 3 aromatic rings. The molecule has 2 atom stereocenters. The molecule has 0 unspecified atom stereocenters. The molecule has 6 nitrogen and oxygen atoms in total. The zero-order valence-corrected chi connectivity index (χ0v) is 23.2. The lowest BCUT2D eigenvalue weighted by Gasteiger charge is -2.43. The molecule has 2 amide bonds. The first kappa shape index (κ1) is 31.4. The topological polar surface area (TPSA) is 97.5 Å². The molecule has 5 rings (SSSR count). The first-order valence-electron chi connectivity index (χ1n) is 13.0. The second-order valence-corrected chi connectivity index (χ2v) is 12.8. The molecule has 0 radical (unpaired) electrons. The third kappa shape index (κ3) is 4.54. The molecule has 2 aliphatic rings. The van der Waals surface area contributed by atoms with E-state index in [0.717, 1.165) is 30.3 Å². The Balaban J connectivity index is 1.68. The molecule has 3 aromatic carbocycles. The van der Waals surface area contributed by atoms with Gasteiger partial charge in [0.2, 0.25) is 5.91 Å². The average Bonchev–Trinajstić information content (AvgIpc) is 3.37. The van der Waals surface area contributed by atoms with Crippen molar-refractivity contribution < 1.29 is 53.1 Å². The number of aryl methyl sites for hydroxylation is 1. The number of alkyl halides is 7. The molecular weight excluding hydrogens is 624 g/mol. The molecule has 1 saturated heterocycles. The minimum atomic E-state index is -6.38. The smallest absolute Gasteiger partial charge is 0.366 e. The highest BCUT2D eigenvalue weighted by Crippen LogP contribution is 2.56. The standard InChI is InChI=1S/C29H22F8N2O4S/c30-20-7-9-21(10-8-20)44(42,43)26-13-14-39(25(41)17-3-1-16(2-4-17)24(38)40)23(26)12-5-18-15-19(6-11-22(18)26)27(31,28(32,33)34)29(35,36)37/h1-4,6-11,15,23H,5,12-14H2,(H2,38,40)/t23-,26-/m1/s1. The lowest BCUT2D eigenvalue weighted by atomic mass is 9.76. The van der Waals surface area contributed by atoms with Crippen LogP contribution >= 0.6 is 0 Å². The minimum Gasteiger partial charge on any atom is -0.366 e. The molecule has 1 fully saturated rings. The van der Waals surface area contributed by atoms with Gasteiger partial charge < -0.3 is 10.6 Å². The van der Waals surface area contributed by atoms with Gasteiger partial charge in [0.1, 0.15) is 10.6 Å². The third-order valence-corrected chi connectivity index (χ3v) is 10.9. The molecule has 1 heterocycles. The lowest BCUT2D eigenvalue weighted by Crippen LogP contribution is -2.53. The van der Waals surface area contributed by atoms with Crippen molar-refractivity contribution in [1.82, 2.24) is 4.90 Å². The van der Waals surface area contributed by atoms with Crippen LogP contribution in [0.2, 0.25) is 0 Å². The number of likely N-dealkylation sites (tertiary alicyclic amines) is 1. The highest BCUT2D eigenvalue weighted by atomic mass is 32.2. The zero-order chi connectivity index (χ0) is 32.5. The van der Waals surface area contributed by atoms with E-state index in [1.165, 1.54) is 29.2 Å². The Morgan fingerprint density at radius 3 is 1.95 bits per heavy atom. The van der Waals surface area contributed by atoms with E-state index >= 15 is 0 Å². The molecule has 1 aliphatic heterocycles. The third-order valence-electron chi connectivity index (χ3n) is 8.35. The van der Waals surface area contributed by atoms with Gasteiger partial charge in [-0.1, -0.05) is 18.2 Å². The Hall–Kier alpha value is -4.01. The number of amides is 2. The van der Waals surface area contributed by atoms with E-state index in [4.69, 9.17) is 5.73 Å². The van der Waals surface area contributed by atoms with Crippen LogP contribution in [-0.2, 0) is 26.7 Å². The number of fused-ring (bicyclic) bond motifs is 3. The maximum absolute atomic E-state index is 15.0. The number of benzene rings is 3. The summed E-state index contributed by atoms with van der Waals surface area (Å²) in [5.41, 5.74) is -2.55. The van der Waals surface area contributed by atoms with Gasteiger partial charge in [0, 0.05) is 23.2 Å². The fourth-order valence-electron chi connectivity index (χ4n) is 6.24. The fraction of sp³-hybridized carbons (Fsp3) is 0.310. The summed E-state index contributed by atoms with van der Waals surface area (Å²) >= 11 is 0. The second kappa shape index (κ2) is 10.3. The van der Waals surface area contributed by atoms with E-state index in [1.807, 2.05) is 0 Å². The molecule has 0 spiro atoms. The molecular formula is C29H22F8N2O4S. The van der Waals surface area contributed by atoms with Crippen molar-refractivity contribution in [3.63, 3.8) is 0 Å². The second-order valence-electron chi connectivity index (χ2n) is 10.6. The van der Waals surface area contributed by atoms with Crippen LogP contribution in [0.3, 0.4) is 0 Å². The van der Waals surface area contributed by atoms with Crippen LogP contribution in [0.15, 0.2) is 71.6 Å². The number of rotatable bonds is 5. The molecule has 15 heteroatoms. The lowest BCUT2D eigenvalue weighted by molar-refractivity contribution is -0.348. The van der Waals surface area contributed by atoms with Gasteiger partial charge in [-0.15, -0.1) is 0 Å². The van der Waals surface area contributed by atoms with Crippen molar-refractivity contribution in [2.75, 3.05) is 6.54 Å². The maximum Gasteiger partial charge on any atom is 0.435 e. The Bertz CT molecular complexity index is 1720. The average molecular weight is 647 g/mol. The number of nitrogens with zero attached hydrogens (tertiary/aromatic N) is 1. The summed E-state index contributed by atoms with van der Waals surface area (Å²) < 4.78 is 136. The van der Waals surface area contributed by atoms with Crippen molar-refractivity contribution in [2.45, 2.75) is 53.0 Å². The summed E-state index contributed by atoms with van der Waals surface area (Å²) in [5, 5.41) is 0. The summed E-state index contributed by atoms with van der Waals surface area (Å²) in [6.07, 6.45) is -13.6. The van der Waals surface area contributed by atoms with Crippen LogP contribution in [0.25, 0.3) is 0 Å². The summed E-state index contributed by atoms with van der Waals surface area (Å²) in [7, 11) is -4.62. The van der Waals surface area contributed by atoms with Crippen molar-refractivity contribution in [3.05, 3.63) is 100 Å². The number of carbonyl (C=O) groups is 2. The van der Waals surface area contributed by atoms with Gasteiger partial charge in [-0.3, -0.25) is 9.59 Å². The minimum absolute atomic E-state index is 0.0590. The molecule has 0 saturated carbocycles. The first-order valence-corrected chi connectivity index (χ1v) is 14.5. The summed E-state index contributed by atoms with van der Waals surface area (Å²) in [5.74, 6) is -2.18. The number of halogens is 8. The molecule has 2 N–H and O–H groups in total. The van der Waals surface area contributed by atoms with Crippen LogP contribution in [0.4, 0.5) is 35.1 Å². The number of hydrogen-bond donors (Lipinski definition) is 1. The number of sulfone groups is 1. The van der Waals surface area contributed by atoms with Crippen LogP contribution in [0, 0.1) is 5.82 Å². The van der Waals surface area contributed by atoms with E-state index in [0.29, 0.717) is 6.07 Å². The maximum atomic E-state index is 15.0. The van der Waals surface area contributed by atoms with Crippen LogP contribution in [0.5, 0.6) is 0 Å². The predicted octanol–water partition coefficient (Wildman–Crippen LogP) is 5.74. The number of primary amides is 1. The van der Waals surface area contributed by atoms with E-state index in [1.54, 1.807) is 0 Å². The normalized spacial score (nSPS) is 20.6. The monoisotopic (exact) mass is 646 g/mol. The highest BCUT2D eigenvalue weighted by molar-refractivity contribution is 7.92. The summed E-state index contributed by atoms with van der Waals surface area (Å²) in [6, 6.07) is 9.05. The zero-order valence-electron chi connectivity index (χ0n) is 22.3. The first-order chi connectivity index (χ1) is 20.4. The van der Waals surface area contributed by atoms with Gasteiger partial charge in [0.15, 0.2) is 9.84 Å². The Morgan fingerprint density at radius 1 is 0.841 bits per heavy atom. The van der Waals surface area contributed by atoms with E-state index in [-0.39, 0.29) is 54.1 Å². The Labute approximate surface area is 245 Å². The molecule has 44 heavy (non-hydrogen) atoms. The molecule has 0 aromatic heterocycles. The quantitative estimate of drug-likeness (QED) is 0.282. The van der Waals surface area contributed by atoms with Gasteiger partial charge >= 0.3 is 18.0 Å². The van der Waals surface area contributed by atoms with Gasteiger partial charge in [-0.25, -0.2) is 17.2 Å².